The number of anilines is 1. The Morgan fingerprint density at radius 1 is 1.06 bits per heavy atom. The van der Waals surface area contributed by atoms with Gasteiger partial charge in [-0.25, -0.2) is 4.98 Å². The number of carbonyl (C=O) groups is 1. The first-order valence-electron chi connectivity index (χ1n) is 10.2. The number of aromatic nitrogens is 2. The summed E-state index contributed by atoms with van der Waals surface area (Å²) in [6, 6.07) is 16.8. The number of thiazole rings is 1. The number of nitrogens with zero attached hydrogens (tertiary/aromatic N) is 4. The van der Waals surface area contributed by atoms with Crippen molar-refractivity contribution in [3.8, 4) is 11.3 Å². The molecule has 4 rings (SSSR count). The number of rotatable bonds is 8. The zero-order valence-corrected chi connectivity index (χ0v) is 19.0. The number of amides is 1. The Labute approximate surface area is 190 Å². The van der Waals surface area contributed by atoms with Crippen LogP contribution in [0, 0.1) is 0 Å². The van der Waals surface area contributed by atoms with Gasteiger partial charge in [0.05, 0.1) is 10.2 Å². The van der Waals surface area contributed by atoms with E-state index >= 15 is 0 Å². The topological polar surface area (TPSA) is 62.5 Å². The molecule has 0 aliphatic rings. The van der Waals surface area contributed by atoms with Gasteiger partial charge in [-0.15, -0.1) is 0 Å². The minimum Gasteiger partial charge on any atom is -0.355 e. The molecule has 0 unspecified atom stereocenters. The monoisotopic (exact) mass is 454 g/mol. The molecule has 0 N–H and O–H groups in total. The van der Waals surface area contributed by atoms with Crippen LogP contribution in [0.3, 0.4) is 0 Å². The highest BCUT2D eigenvalue weighted by Crippen LogP contribution is 2.32. The number of halogens is 1. The summed E-state index contributed by atoms with van der Waals surface area (Å²) in [5.41, 5.74) is 1.95. The Morgan fingerprint density at radius 3 is 2.58 bits per heavy atom. The summed E-state index contributed by atoms with van der Waals surface area (Å²) < 4.78 is 6.40. The first kappa shape index (κ1) is 21.5. The lowest BCUT2D eigenvalue weighted by Crippen LogP contribution is -2.39. The average Bonchev–Trinajstić information content (AvgIpc) is 3.44. The Bertz CT molecular complexity index is 1170. The zero-order chi connectivity index (χ0) is 21.8. The molecule has 0 radical (unpaired) electrons. The van der Waals surface area contributed by atoms with Crippen LogP contribution >= 0.6 is 22.9 Å². The molecule has 0 aliphatic heterocycles. The lowest BCUT2D eigenvalue weighted by atomic mass is 10.1. The molecule has 0 saturated carbocycles. The third-order valence-corrected chi connectivity index (χ3v) is 6.41. The van der Waals surface area contributed by atoms with Crippen molar-refractivity contribution in [2.45, 2.75) is 13.8 Å². The number of likely N-dealkylation sites (N-methyl/N-ethyl adjacent to an activating group) is 1. The molecule has 8 heteroatoms. The van der Waals surface area contributed by atoms with Crippen molar-refractivity contribution in [3.05, 3.63) is 65.3 Å². The van der Waals surface area contributed by atoms with Crippen molar-refractivity contribution in [2.24, 2.45) is 0 Å². The molecule has 2 aromatic heterocycles. The number of fused-ring (bicyclic) bond motifs is 1. The Kier molecular flexibility index (Phi) is 6.65. The lowest BCUT2D eigenvalue weighted by Gasteiger charge is -2.24. The zero-order valence-electron chi connectivity index (χ0n) is 17.4. The summed E-state index contributed by atoms with van der Waals surface area (Å²) >= 11 is 7.58. The van der Waals surface area contributed by atoms with E-state index in [1.54, 1.807) is 17.0 Å². The number of hydrogen-bond acceptors (Lipinski definition) is 6. The van der Waals surface area contributed by atoms with E-state index in [4.69, 9.17) is 16.1 Å². The summed E-state index contributed by atoms with van der Waals surface area (Å²) in [6.45, 7) is 7.28. The standard InChI is InChI=1S/C23H23ClN4O2S/c1-3-27(4-2)12-13-28(23-25-18-11-10-17(24)14-21(18)31-23)22(29)19-15-20(30-26-19)16-8-6-5-7-9-16/h5-11,14-15H,3-4,12-13H2,1-2H3. The molecule has 0 fully saturated rings. The van der Waals surface area contributed by atoms with Crippen LogP contribution in [0.1, 0.15) is 24.3 Å². The second kappa shape index (κ2) is 9.60. The van der Waals surface area contributed by atoms with Crippen molar-refractivity contribution < 1.29 is 9.32 Å². The molecule has 0 spiro atoms. The second-order valence-corrected chi connectivity index (χ2v) is 8.48. The molecule has 0 saturated heterocycles. The summed E-state index contributed by atoms with van der Waals surface area (Å²) in [6.07, 6.45) is 0. The summed E-state index contributed by atoms with van der Waals surface area (Å²) in [7, 11) is 0. The highest BCUT2D eigenvalue weighted by molar-refractivity contribution is 7.22. The van der Waals surface area contributed by atoms with Gasteiger partial charge in [-0.3, -0.25) is 9.69 Å². The normalized spacial score (nSPS) is 11.4. The van der Waals surface area contributed by atoms with Crippen LogP contribution in [-0.2, 0) is 0 Å². The maximum atomic E-state index is 13.4. The Hall–Kier alpha value is -2.74. The quantitative estimate of drug-likeness (QED) is 0.347. The smallest absolute Gasteiger partial charge is 0.282 e. The van der Waals surface area contributed by atoms with Crippen LogP contribution < -0.4 is 4.90 Å². The van der Waals surface area contributed by atoms with Gasteiger partial charge >= 0.3 is 0 Å². The van der Waals surface area contributed by atoms with Gasteiger partial charge in [-0.1, -0.05) is 72.3 Å². The van der Waals surface area contributed by atoms with Crippen molar-refractivity contribution in [1.29, 1.82) is 0 Å². The molecule has 0 aliphatic carbocycles. The predicted octanol–water partition coefficient (Wildman–Crippen LogP) is 5.59. The van der Waals surface area contributed by atoms with Crippen molar-refractivity contribution in [3.63, 3.8) is 0 Å². The van der Waals surface area contributed by atoms with Gasteiger partial charge in [0.25, 0.3) is 5.91 Å². The van der Waals surface area contributed by atoms with E-state index in [1.807, 2.05) is 42.5 Å². The summed E-state index contributed by atoms with van der Waals surface area (Å²) in [5, 5.41) is 5.32. The minimum atomic E-state index is -0.233. The van der Waals surface area contributed by atoms with Gasteiger partial charge < -0.3 is 9.42 Å². The van der Waals surface area contributed by atoms with Crippen LogP contribution in [0.25, 0.3) is 21.5 Å². The van der Waals surface area contributed by atoms with E-state index in [9.17, 15) is 4.79 Å². The van der Waals surface area contributed by atoms with Gasteiger partial charge in [-0.2, -0.15) is 0 Å². The highest BCUT2D eigenvalue weighted by atomic mass is 35.5. The van der Waals surface area contributed by atoms with Crippen molar-refractivity contribution in [2.75, 3.05) is 31.1 Å². The molecule has 4 aromatic rings. The SMILES string of the molecule is CCN(CC)CCN(C(=O)c1cc(-c2ccccc2)on1)c1nc2ccc(Cl)cc2s1. The Balaban J connectivity index is 1.66. The fourth-order valence-electron chi connectivity index (χ4n) is 3.32. The molecular formula is C23H23ClN4O2S. The first-order chi connectivity index (χ1) is 15.1. The van der Waals surface area contributed by atoms with Gasteiger partial charge in [0, 0.05) is 29.7 Å². The number of carbonyl (C=O) groups excluding carboxylic acids is 1. The summed E-state index contributed by atoms with van der Waals surface area (Å²) in [5.74, 6) is 0.326. The molecule has 0 atom stereocenters. The van der Waals surface area contributed by atoms with Gasteiger partial charge in [0.15, 0.2) is 16.6 Å². The second-order valence-electron chi connectivity index (χ2n) is 7.03. The van der Waals surface area contributed by atoms with Crippen LogP contribution in [0.2, 0.25) is 5.02 Å². The highest BCUT2D eigenvalue weighted by Gasteiger charge is 2.25. The summed E-state index contributed by atoms with van der Waals surface area (Å²) in [4.78, 5) is 22.1. The minimum absolute atomic E-state index is 0.233. The molecule has 6 nitrogen and oxygen atoms in total. The van der Waals surface area contributed by atoms with Crippen molar-refractivity contribution in [1.82, 2.24) is 15.0 Å². The van der Waals surface area contributed by atoms with Gasteiger partial charge in [-0.05, 0) is 31.3 Å². The Morgan fingerprint density at radius 2 is 1.84 bits per heavy atom. The van der Waals surface area contributed by atoms with Gasteiger partial charge in [0.2, 0.25) is 0 Å². The fourth-order valence-corrected chi connectivity index (χ4v) is 4.59. The maximum absolute atomic E-state index is 13.4. The van der Waals surface area contributed by atoms with E-state index in [2.05, 4.69) is 28.9 Å². The van der Waals surface area contributed by atoms with Crippen LogP contribution in [0.15, 0.2) is 59.1 Å². The molecule has 31 heavy (non-hydrogen) atoms. The van der Waals surface area contributed by atoms with Crippen molar-refractivity contribution >= 4 is 44.2 Å². The first-order valence-corrected chi connectivity index (χ1v) is 11.4. The van der Waals surface area contributed by atoms with E-state index in [0.717, 1.165) is 35.4 Å². The van der Waals surface area contributed by atoms with Crippen LogP contribution in [-0.4, -0.2) is 47.1 Å². The molecule has 2 heterocycles. The average molecular weight is 455 g/mol. The van der Waals surface area contributed by atoms with E-state index in [1.165, 1.54) is 11.3 Å². The van der Waals surface area contributed by atoms with Gasteiger partial charge in [0.1, 0.15) is 0 Å². The predicted molar refractivity (Wildman–Crippen MR) is 126 cm³/mol. The molecular weight excluding hydrogens is 432 g/mol. The number of benzene rings is 2. The lowest BCUT2D eigenvalue weighted by molar-refractivity contribution is 0.0975. The van der Waals surface area contributed by atoms with E-state index in [0.29, 0.717) is 22.5 Å². The van der Waals surface area contributed by atoms with E-state index in [-0.39, 0.29) is 11.6 Å². The molecule has 2 aromatic carbocycles. The third-order valence-electron chi connectivity index (χ3n) is 5.14. The largest absolute Gasteiger partial charge is 0.355 e. The van der Waals surface area contributed by atoms with Crippen LogP contribution in [0.5, 0.6) is 0 Å². The molecule has 0 bridgehead atoms. The number of hydrogen-bond donors (Lipinski definition) is 0. The molecule has 1 amide bonds. The fraction of sp³-hybridized carbons (Fsp3) is 0.261. The van der Waals surface area contributed by atoms with Crippen LogP contribution in [0.4, 0.5) is 5.13 Å². The van der Waals surface area contributed by atoms with E-state index < -0.39 is 0 Å². The third kappa shape index (κ3) is 4.79. The molecule has 160 valence electrons. The maximum Gasteiger partial charge on any atom is 0.282 e.